The maximum Gasteiger partial charge on any atom is 0.0961 e. The van der Waals surface area contributed by atoms with Gasteiger partial charge in [-0.15, -0.1) is 0 Å². The first-order valence-electron chi connectivity index (χ1n) is 6.88. The highest BCUT2D eigenvalue weighted by atomic mass is 16.6. The fraction of sp³-hybridized carbons (Fsp3) is 1.00. The Balaban J connectivity index is 1.63. The van der Waals surface area contributed by atoms with Crippen LogP contribution < -0.4 is 5.32 Å². The number of hydrogen-bond acceptors (Lipinski definition) is 4. The predicted molar refractivity (Wildman–Crippen MR) is 66.2 cm³/mol. The van der Waals surface area contributed by atoms with E-state index in [0.717, 1.165) is 32.8 Å². The second-order valence-electron chi connectivity index (χ2n) is 4.95. The van der Waals surface area contributed by atoms with Gasteiger partial charge in [-0.25, -0.2) is 0 Å². The van der Waals surface area contributed by atoms with E-state index in [0.29, 0.717) is 12.1 Å². The molecule has 2 aliphatic rings. The van der Waals surface area contributed by atoms with Crippen LogP contribution in [-0.2, 0) is 14.2 Å². The van der Waals surface area contributed by atoms with E-state index in [1.807, 2.05) is 7.05 Å². The molecule has 0 spiro atoms. The Morgan fingerprint density at radius 3 is 2.82 bits per heavy atom. The van der Waals surface area contributed by atoms with E-state index in [4.69, 9.17) is 14.2 Å². The van der Waals surface area contributed by atoms with Gasteiger partial charge in [-0.05, 0) is 39.2 Å². The van der Waals surface area contributed by atoms with E-state index < -0.39 is 0 Å². The van der Waals surface area contributed by atoms with Crippen LogP contribution in [0.3, 0.4) is 0 Å². The molecule has 3 unspecified atom stereocenters. The minimum atomic E-state index is 0.221. The normalized spacial score (nSPS) is 31.6. The highest BCUT2D eigenvalue weighted by molar-refractivity contribution is 4.78. The van der Waals surface area contributed by atoms with E-state index in [1.165, 1.54) is 25.7 Å². The third-order valence-corrected chi connectivity index (χ3v) is 3.73. The molecule has 0 aromatic heterocycles. The van der Waals surface area contributed by atoms with Crippen molar-refractivity contribution in [3.8, 4) is 0 Å². The third kappa shape index (κ3) is 4.21. The number of likely N-dealkylation sites (N-methyl/N-ethyl adjacent to an activating group) is 1. The minimum absolute atomic E-state index is 0.221. The molecule has 2 saturated heterocycles. The van der Waals surface area contributed by atoms with E-state index in [-0.39, 0.29) is 6.10 Å². The van der Waals surface area contributed by atoms with Crippen LogP contribution in [0, 0.1) is 0 Å². The molecular formula is C13H25NO3. The summed E-state index contributed by atoms with van der Waals surface area (Å²) in [6.45, 7) is 3.16. The summed E-state index contributed by atoms with van der Waals surface area (Å²) < 4.78 is 16.8. The zero-order valence-electron chi connectivity index (χ0n) is 10.8. The van der Waals surface area contributed by atoms with Crippen LogP contribution in [0.5, 0.6) is 0 Å². The van der Waals surface area contributed by atoms with E-state index in [1.54, 1.807) is 0 Å². The van der Waals surface area contributed by atoms with Gasteiger partial charge in [0.15, 0.2) is 0 Å². The molecule has 2 heterocycles. The third-order valence-electron chi connectivity index (χ3n) is 3.73. The van der Waals surface area contributed by atoms with E-state index in [9.17, 15) is 0 Å². The van der Waals surface area contributed by atoms with Gasteiger partial charge in [-0.2, -0.15) is 0 Å². The van der Waals surface area contributed by atoms with Gasteiger partial charge in [0.2, 0.25) is 0 Å². The van der Waals surface area contributed by atoms with Crippen molar-refractivity contribution in [2.75, 3.05) is 33.5 Å². The summed E-state index contributed by atoms with van der Waals surface area (Å²) in [6.07, 6.45) is 6.74. The number of ether oxygens (including phenoxy) is 3. The molecule has 0 aliphatic carbocycles. The summed E-state index contributed by atoms with van der Waals surface area (Å²) in [5.41, 5.74) is 0. The fourth-order valence-corrected chi connectivity index (χ4v) is 2.69. The van der Waals surface area contributed by atoms with Crippen molar-refractivity contribution >= 4 is 0 Å². The zero-order valence-corrected chi connectivity index (χ0v) is 10.8. The van der Waals surface area contributed by atoms with Crippen LogP contribution in [0.25, 0.3) is 0 Å². The summed E-state index contributed by atoms with van der Waals surface area (Å²) in [5, 5.41) is 3.35. The summed E-state index contributed by atoms with van der Waals surface area (Å²) >= 11 is 0. The average molecular weight is 243 g/mol. The van der Waals surface area contributed by atoms with Gasteiger partial charge in [-0.1, -0.05) is 0 Å². The lowest BCUT2D eigenvalue weighted by atomic mass is 10.0. The fourth-order valence-electron chi connectivity index (χ4n) is 2.69. The van der Waals surface area contributed by atoms with Crippen molar-refractivity contribution in [3.63, 3.8) is 0 Å². The number of nitrogens with one attached hydrogen (secondary N) is 1. The molecule has 0 amide bonds. The van der Waals surface area contributed by atoms with Gasteiger partial charge < -0.3 is 19.5 Å². The molecule has 17 heavy (non-hydrogen) atoms. The Hall–Kier alpha value is -0.160. The smallest absolute Gasteiger partial charge is 0.0961 e. The second-order valence-corrected chi connectivity index (χ2v) is 4.95. The van der Waals surface area contributed by atoms with Crippen LogP contribution in [0.15, 0.2) is 0 Å². The molecule has 0 radical (unpaired) electrons. The summed E-state index contributed by atoms with van der Waals surface area (Å²) in [5.74, 6) is 0. The molecule has 0 bridgehead atoms. The highest BCUT2D eigenvalue weighted by Gasteiger charge is 2.24. The van der Waals surface area contributed by atoms with Gasteiger partial charge >= 0.3 is 0 Å². The molecule has 100 valence electrons. The van der Waals surface area contributed by atoms with Crippen LogP contribution in [0.1, 0.15) is 32.1 Å². The first-order valence-corrected chi connectivity index (χ1v) is 6.88. The van der Waals surface area contributed by atoms with Gasteiger partial charge in [0.05, 0.1) is 32.0 Å². The summed E-state index contributed by atoms with van der Waals surface area (Å²) in [7, 11) is 2.01. The maximum absolute atomic E-state index is 5.73. The standard InChI is InChI=1S/C13H25NO3/c1-14-12(13-10-15-8-9-17-13)6-2-4-11-5-3-7-16-11/h11-14H,2-10H2,1H3. The summed E-state index contributed by atoms with van der Waals surface area (Å²) in [4.78, 5) is 0. The first kappa shape index (κ1) is 13.3. The Morgan fingerprint density at radius 2 is 2.18 bits per heavy atom. The lowest BCUT2D eigenvalue weighted by molar-refractivity contribution is -0.102. The quantitative estimate of drug-likeness (QED) is 0.764. The maximum atomic E-state index is 5.73. The topological polar surface area (TPSA) is 39.7 Å². The molecule has 2 rings (SSSR count). The zero-order chi connectivity index (χ0) is 11.9. The number of hydrogen-bond donors (Lipinski definition) is 1. The van der Waals surface area contributed by atoms with Crippen LogP contribution in [0.4, 0.5) is 0 Å². The first-order chi connectivity index (χ1) is 8.40. The monoisotopic (exact) mass is 243 g/mol. The largest absolute Gasteiger partial charge is 0.378 e. The van der Waals surface area contributed by atoms with Crippen molar-refractivity contribution in [2.24, 2.45) is 0 Å². The van der Waals surface area contributed by atoms with Gasteiger partial charge in [0.25, 0.3) is 0 Å². The van der Waals surface area contributed by atoms with Crippen molar-refractivity contribution in [1.29, 1.82) is 0 Å². The Labute approximate surface area is 104 Å². The van der Waals surface area contributed by atoms with Crippen LogP contribution >= 0.6 is 0 Å². The molecule has 1 N–H and O–H groups in total. The molecule has 4 nitrogen and oxygen atoms in total. The SMILES string of the molecule is CNC(CCCC1CCCO1)C1COCCO1. The molecular weight excluding hydrogens is 218 g/mol. The van der Waals surface area contributed by atoms with Crippen molar-refractivity contribution in [2.45, 2.75) is 50.4 Å². The lowest BCUT2D eigenvalue weighted by Crippen LogP contribution is -2.45. The lowest BCUT2D eigenvalue weighted by Gasteiger charge is -2.30. The molecule has 2 fully saturated rings. The average Bonchev–Trinajstić information content (AvgIpc) is 2.89. The Morgan fingerprint density at radius 1 is 1.24 bits per heavy atom. The minimum Gasteiger partial charge on any atom is -0.378 e. The predicted octanol–water partition coefficient (Wildman–Crippen LogP) is 1.34. The van der Waals surface area contributed by atoms with Gasteiger partial charge in [0.1, 0.15) is 0 Å². The van der Waals surface area contributed by atoms with E-state index in [2.05, 4.69) is 5.32 Å². The molecule has 0 aromatic rings. The molecule has 3 atom stereocenters. The highest BCUT2D eigenvalue weighted by Crippen LogP contribution is 2.19. The molecule has 0 aromatic carbocycles. The van der Waals surface area contributed by atoms with Crippen LogP contribution in [-0.4, -0.2) is 51.7 Å². The Bertz CT molecular complexity index is 201. The molecule has 4 heteroatoms. The van der Waals surface area contributed by atoms with Gasteiger partial charge in [0, 0.05) is 12.6 Å². The van der Waals surface area contributed by atoms with E-state index >= 15 is 0 Å². The van der Waals surface area contributed by atoms with Crippen molar-refractivity contribution in [1.82, 2.24) is 5.32 Å². The van der Waals surface area contributed by atoms with Crippen molar-refractivity contribution in [3.05, 3.63) is 0 Å². The van der Waals surface area contributed by atoms with Gasteiger partial charge in [-0.3, -0.25) is 0 Å². The van der Waals surface area contributed by atoms with Crippen molar-refractivity contribution < 1.29 is 14.2 Å². The molecule has 2 aliphatic heterocycles. The second kappa shape index (κ2) is 7.31. The van der Waals surface area contributed by atoms with Crippen LogP contribution in [0.2, 0.25) is 0 Å². The Kier molecular flexibility index (Phi) is 5.71. The summed E-state index contributed by atoms with van der Waals surface area (Å²) in [6, 6.07) is 0.414. The molecule has 0 saturated carbocycles. The number of rotatable bonds is 6.